The zero-order valence-corrected chi connectivity index (χ0v) is 14.5. The summed E-state index contributed by atoms with van der Waals surface area (Å²) >= 11 is 7.86. The molecule has 0 atom stereocenters. The number of para-hydroxylation sites is 1. The molecule has 0 saturated carbocycles. The van der Waals surface area contributed by atoms with E-state index in [1.54, 1.807) is 0 Å². The zero-order valence-electron chi connectivity index (χ0n) is 12.9. The minimum Gasteiger partial charge on any atom is -0.369 e. The van der Waals surface area contributed by atoms with Crippen molar-refractivity contribution in [2.24, 2.45) is 0 Å². The summed E-state index contributed by atoms with van der Waals surface area (Å²) in [7, 11) is 0. The molecule has 1 heterocycles. The van der Waals surface area contributed by atoms with E-state index in [2.05, 4.69) is 46.5 Å². The smallest absolute Gasteiger partial charge is 0.224 e. The molecule has 0 amide bonds. The van der Waals surface area contributed by atoms with Crippen LogP contribution in [0.5, 0.6) is 0 Å². The zero-order chi connectivity index (χ0) is 16.1. The Hall–Kier alpha value is -1.78. The van der Waals surface area contributed by atoms with Gasteiger partial charge in [0.15, 0.2) is 0 Å². The monoisotopic (exact) mass is 343 g/mol. The number of nitrogens with zero attached hydrogens (tertiary/aromatic N) is 2. The fourth-order valence-corrected chi connectivity index (χ4v) is 3.31. The van der Waals surface area contributed by atoms with Crippen LogP contribution in [0.3, 0.4) is 0 Å². The van der Waals surface area contributed by atoms with Crippen molar-refractivity contribution >= 4 is 40.1 Å². The summed E-state index contributed by atoms with van der Waals surface area (Å²) < 4.78 is 0. The first-order valence-electron chi connectivity index (χ1n) is 7.58. The number of rotatable bonds is 6. The predicted molar refractivity (Wildman–Crippen MR) is 99.6 cm³/mol. The quantitative estimate of drug-likeness (QED) is 0.380. The number of halogens is 1. The molecule has 1 aromatic heterocycles. The molecule has 0 aliphatic heterocycles. The van der Waals surface area contributed by atoms with E-state index in [4.69, 9.17) is 11.6 Å². The SMILES string of the molecule is Cc1ccc(SCCCNc2nc(Cl)nc3ccccc23)cc1. The molecule has 5 heteroatoms. The summed E-state index contributed by atoms with van der Waals surface area (Å²) in [6.45, 7) is 2.96. The average molecular weight is 344 g/mol. The lowest BCUT2D eigenvalue weighted by Crippen LogP contribution is -2.05. The summed E-state index contributed by atoms with van der Waals surface area (Å²) in [5.41, 5.74) is 2.16. The minimum atomic E-state index is 0.278. The second-order valence-corrected chi connectivity index (χ2v) is 6.81. The van der Waals surface area contributed by atoms with Crippen LogP contribution in [-0.2, 0) is 0 Å². The highest BCUT2D eigenvalue weighted by molar-refractivity contribution is 7.99. The number of thioether (sulfide) groups is 1. The Morgan fingerprint density at radius 1 is 1.04 bits per heavy atom. The van der Waals surface area contributed by atoms with Crippen molar-refractivity contribution < 1.29 is 0 Å². The maximum atomic E-state index is 5.99. The summed E-state index contributed by atoms with van der Waals surface area (Å²) in [5, 5.41) is 4.66. The van der Waals surface area contributed by atoms with E-state index in [9.17, 15) is 0 Å². The topological polar surface area (TPSA) is 37.8 Å². The van der Waals surface area contributed by atoms with E-state index < -0.39 is 0 Å². The van der Waals surface area contributed by atoms with Gasteiger partial charge in [0.25, 0.3) is 0 Å². The third-order valence-electron chi connectivity index (χ3n) is 3.48. The maximum absolute atomic E-state index is 5.99. The Morgan fingerprint density at radius 2 is 1.83 bits per heavy atom. The number of aromatic nitrogens is 2. The first-order chi connectivity index (χ1) is 11.2. The van der Waals surface area contributed by atoms with Crippen LogP contribution >= 0.6 is 23.4 Å². The van der Waals surface area contributed by atoms with Crippen LogP contribution in [0.1, 0.15) is 12.0 Å². The van der Waals surface area contributed by atoms with E-state index in [0.29, 0.717) is 0 Å². The highest BCUT2D eigenvalue weighted by Crippen LogP contribution is 2.22. The van der Waals surface area contributed by atoms with Crippen molar-refractivity contribution in [3.8, 4) is 0 Å². The van der Waals surface area contributed by atoms with Crippen molar-refractivity contribution in [3.05, 3.63) is 59.4 Å². The molecule has 0 aliphatic carbocycles. The van der Waals surface area contributed by atoms with E-state index in [0.717, 1.165) is 35.4 Å². The molecule has 0 bridgehead atoms. The molecule has 3 nitrogen and oxygen atoms in total. The molecular weight excluding hydrogens is 326 g/mol. The van der Waals surface area contributed by atoms with Gasteiger partial charge in [-0.2, -0.15) is 0 Å². The Bertz CT molecular complexity index is 790. The molecule has 0 spiro atoms. The first-order valence-corrected chi connectivity index (χ1v) is 8.94. The van der Waals surface area contributed by atoms with E-state index in [1.165, 1.54) is 10.5 Å². The number of hydrogen-bond acceptors (Lipinski definition) is 4. The van der Waals surface area contributed by atoms with Crippen LogP contribution < -0.4 is 5.32 Å². The molecule has 0 fully saturated rings. The number of fused-ring (bicyclic) bond motifs is 1. The molecule has 3 rings (SSSR count). The summed E-state index contributed by atoms with van der Waals surface area (Å²) in [6.07, 6.45) is 1.05. The van der Waals surface area contributed by atoms with E-state index in [-0.39, 0.29) is 5.28 Å². The van der Waals surface area contributed by atoms with Crippen molar-refractivity contribution in [3.63, 3.8) is 0 Å². The molecule has 0 unspecified atom stereocenters. The van der Waals surface area contributed by atoms with E-state index in [1.807, 2.05) is 36.0 Å². The number of benzene rings is 2. The number of aryl methyl sites for hydroxylation is 1. The molecule has 1 N–H and O–H groups in total. The predicted octanol–water partition coefficient (Wildman–Crippen LogP) is 5.19. The number of nitrogens with one attached hydrogen (secondary N) is 1. The van der Waals surface area contributed by atoms with Crippen LogP contribution in [-0.4, -0.2) is 22.3 Å². The molecule has 0 aliphatic rings. The van der Waals surface area contributed by atoms with Crippen LogP contribution in [0, 0.1) is 6.92 Å². The van der Waals surface area contributed by atoms with Gasteiger partial charge in [0.05, 0.1) is 5.52 Å². The van der Waals surface area contributed by atoms with Crippen LogP contribution in [0.25, 0.3) is 10.9 Å². The molecule has 0 saturated heterocycles. The fourth-order valence-electron chi connectivity index (χ4n) is 2.29. The second kappa shape index (κ2) is 7.66. The Balaban J connectivity index is 1.54. The largest absolute Gasteiger partial charge is 0.369 e. The van der Waals surface area contributed by atoms with Gasteiger partial charge in [0, 0.05) is 16.8 Å². The lowest BCUT2D eigenvalue weighted by Gasteiger charge is -2.09. The Labute approximate surface area is 145 Å². The van der Waals surface area contributed by atoms with Gasteiger partial charge in [-0.25, -0.2) is 9.97 Å². The third kappa shape index (κ3) is 4.36. The third-order valence-corrected chi connectivity index (χ3v) is 4.75. The van der Waals surface area contributed by atoms with Gasteiger partial charge in [-0.3, -0.25) is 0 Å². The van der Waals surface area contributed by atoms with Gasteiger partial charge in [-0.15, -0.1) is 11.8 Å². The van der Waals surface area contributed by atoms with E-state index >= 15 is 0 Å². The van der Waals surface area contributed by atoms with Crippen LogP contribution in [0.4, 0.5) is 5.82 Å². The normalized spacial score (nSPS) is 10.9. The van der Waals surface area contributed by atoms with Crippen molar-refractivity contribution in [1.29, 1.82) is 0 Å². The van der Waals surface area contributed by atoms with Gasteiger partial charge in [0.1, 0.15) is 5.82 Å². The molecule has 2 aromatic carbocycles. The lowest BCUT2D eigenvalue weighted by atomic mass is 10.2. The highest BCUT2D eigenvalue weighted by Gasteiger charge is 2.05. The molecule has 23 heavy (non-hydrogen) atoms. The van der Waals surface area contributed by atoms with Crippen LogP contribution in [0.15, 0.2) is 53.4 Å². The Kier molecular flexibility index (Phi) is 5.36. The van der Waals surface area contributed by atoms with Gasteiger partial charge in [-0.05, 0) is 55.0 Å². The van der Waals surface area contributed by atoms with Crippen molar-refractivity contribution in [1.82, 2.24) is 9.97 Å². The highest BCUT2D eigenvalue weighted by atomic mass is 35.5. The van der Waals surface area contributed by atoms with Gasteiger partial charge < -0.3 is 5.32 Å². The fraction of sp³-hybridized carbons (Fsp3) is 0.222. The Morgan fingerprint density at radius 3 is 2.65 bits per heavy atom. The summed E-state index contributed by atoms with van der Waals surface area (Å²) in [4.78, 5) is 9.85. The minimum absolute atomic E-state index is 0.278. The summed E-state index contributed by atoms with van der Waals surface area (Å²) in [6, 6.07) is 16.5. The average Bonchev–Trinajstić information content (AvgIpc) is 2.56. The summed E-state index contributed by atoms with van der Waals surface area (Å²) in [5.74, 6) is 1.87. The lowest BCUT2D eigenvalue weighted by molar-refractivity contribution is 0.980. The second-order valence-electron chi connectivity index (χ2n) is 5.30. The van der Waals surface area contributed by atoms with Gasteiger partial charge in [-0.1, -0.05) is 29.8 Å². The van der Waals surface area contributed by atoms with Gasteiger partial charge >= 0.3 is 0 Å². The number of hydrogen-bond donors (Lipinski definition) is 1. The molecule has 0 radical (unpaired) electrons. The van der Waals surface area contributed by atoms with Crippen molar-refractivity contribution in [2.45, 2.75) is 18.2 Å². The first kappa shape index (κ1) is 16.1. The molecule has 118 valence electrons. The van der Waals surface area contributed by atoms with Gasteiger partial charge in [0.2, 0.25) is 5.28 Å². The molecule has 3 aromatic rings. The van der Waals surface area contributed by atoms with Crippen LogP contribution in [0.2, 0.25) is 5.28 Å². The maximum Gasteiger partial charge on any atom is 0.224 e. The standard InChI is InChI=1S/C18H18ClN3S/c1-13-7-9-14(10-8-13)23-12-4-11-20-17-15-5-2-3-6-16(15)21-18(19)22-17/h2-3,5-10H,4,11-12H2,1H3,(H,20,21,22). The molecular formula is C18H18ClN3S. The number of anilines is 1. The van der Waals surface area contributed by atoms with Crippen molar-refractivity contribution in [2.75, 3.05) is 17.6 Å².